The number of fused-ring (bicyclic) bond motifs is 1. The SMILES string of the molecule is CN=C(NCCc1ccc(N(C)C)cc1)NCCc1ccc2c(c1)CCO2.I. The van der Waals surface area contributed by atoms with E-state index in [4.69, 9.17) is 4.74 Å². The van der Waals surface area contributed by atoms with Crippen LogP contribution >= 0.6 is 24.0 Å². The molecule has 6 heteroatoms. The van der Waals surface area contributed by atoms with Gasteiger partial charge in [0.1, 0.15) is 5.75 Å². The molecule has 0 saturated carbocycles. The second kappa shape index (κ2) is 11.1. The minimum Gasteiger partial charge on any atom is -0.493 e. The number of benzene rings is 2. The smallest absolute Gasteiger partial charge is 0.190 e. The fraction of sp³-hybridized carbons (Fsp3) is 0.409. The van der Waals surface area contributed by atoms with E-state index in [2.05, 4.69) is 77.1 Å². The van der Waals surface area contributed by atoms with Crippen molar-refractivity contribution in [3.63, 3.8) is 0 Å². The van der Waals surface area contributed by atoms with Crippen molar-refractivity contribution in [2.24, 2.45) is 4.99 Å². The molecule has 3 rings (SSSR count). The topological polar surface area (TPSA) is 48.9 Å². The lowest BCUT2D eigenvalue weighted by Gasteiger charge is -2.14. The van der Waals surface area contributed by atoms with E-state index in [1.165, 1.54) is 22.4 Å². The van der Waals surface area contributed by atoms with Crippen LogP contribution in [0.3, 0.4) is 0 Å². The molecule has 152 valence electrons. The van der Waals surface area contributed by atoms with Gasteiger partial charge in [-0.1, -0.05) is 24.3 Å². The fourth-order valence-electron chi connectivity index (χ4n) is 3.23. The van der Waals surface area contributed by atoms with Crippen molar-refractivity contribution in [2.75, 3.05) is 45.7 Å². The van der Waals surface area contributed by atoms with Gasteiger partial charge in [-0.25, -0.2) is 0 Å². The van der Waals surface area contributed by atoms with Gasteiger partial charge in [0.25, 0.3) is 0 Å². The van der Waals surface area contributed by atoms with Crippen LogP contribution in [0.25, 0.3) is 0 Å². The molecular weight excluding hydrogens is 463 g/mol. The average Bonchev–Trinajstić information content (AvgIpc) is 3.15. The Morgan fingerprint density at radius 1 is 1.00 bits per heavy atom. The summed E-state index contributed by atoms with van der Waals surface area (Å²) in [6.07, 6.45) is 2.97. The third kappa shape index (κ3) is 6.29. The van der Waals surface area contributed by atoms with Crippen LogP contribution in [0.1, 0.15) is 16.7 Å². The molecule has 0 unspecified atom stereocenters. The van der Waals surface area contributed by atoms with Crippen LogP contribution in [0.2, 0.25) is 0 Å². The second-order valence-corrected chi connectivity index (χ2v) is 7.03. The molecule has 28 heavy (non-hydrogen) atoms. The van der Waals surface area contributed by atoms with Crippen molar-refractivity contribution in [3.8, 4) is 5.75 Å². The van der Waals surface area contributed by atoms with Crippen LogP contribution in [0.4, 0.5) is 5.69 Å². The highest BCUT2D eigenvalue weighted by Gasteiger charge is 2.11. The average molecular weight is 494 g/mol. The zero-order chi connectivity index (χ0) is 19.1. The molecule has 2 aromatic carbocycles. The predicted molar refractivity (Wildman–Crippen MR) is 129 cm³/mol. The van der Waals surface area contributed by atoms with Crippen molar-refractivity contribution in [1.29, 1.82) is 0 Å². The Kier molecular flexibility index (Phi) is 8.89. The van der Waals surface area contributed by atoms with Crippen LogP contribution < -0.4 is 20.3 Å². The zero-order valence-electron chi connectivity index (χ0n) is 17.0. The largest absolute Gasteiger partial charge is 0.493 e. The fourth-order valence-corrected chi connectivity index (χ4v) is 3.23. The number of ether oxygens (including phenoxy) is 1. The van der Waals surface area contributed by atoms with Gasteiger partial charge in [-0.05, 0) is 47.7 Å². The van der Waals surface area contributed by atoms with Gasteiger partial charge >= 0.3 is 0 Å². The van der Waals surface area contributed by atoms with Gasteiger partial charge in [0, 0.05) is 46.3 Å². The highest BCUT2D eigenvalue weighted by atomic mass is 127. The molecule has 0 aromatic heterocycles. The van der Waals surface area contributed by atoms with E-state index in [-0.39, 0.29) is 24.0 Å². The molecule has 0 fully saturated rings. The summed E-state index contributed by atoms with van der Waals surface area (Å²) < 4.78 is 5.57. The Morgan fingerprint density at radius 3 is 2.29 bits per heavy atom. The number of guanidine groups is 1. The van der Waals surface area contributed by atoms with Gasteiger partial charge in [-0.2, -0.15) is 0 Å². The summed E-state index contributed by atoms with van der Waals surface area (Å²) in [5.41, 5.74) is 5.21. The predicted octanol–water partition coefficient (Wildman–Crippen LogP) is 3.26. The first-order chi connectivity index (χ1) is 13.2. The summed E-state index contributed by atoms with van der Waals surface area (Å²) in [7, 11) is 5.93. The lowest BCUT2D eigenvalue weighted by atomic mass is 10.1. The van der Waals surface area contributed by atoms with E-state index in [1.54, 1.807) is 0 Å². The second-order valence-electron chi connectivity index (χ2n) is 7.03. The van der Waals surface area contributed by atoms with Gasteiger partial charge in [-0.3, -0.25) is 4.99 Å². The summed E-state index contributed by atoms with van der Waals surface area (Å²) in [5, 5.41) is 6.79. The van der Waals surface area contributed by atoms with E-state index in [0.717, 1.165) is 50.7 Å². The summed E-state index contributed by atoms with van der Waals surface area (Å²) in [6.45, 7) is 2.53. The normalized spacial score (nSPS) is 12.6. The van der Waals surface area contributed by atoms with Crippen molar-refractivity contribution in [3.05, 3.63) is 59.2 Å². The number of hydrogen-bond donors (Lipinski definition) is 2. The molecule has 0 spiro atoms. The molecule has 5 nitrogen and oxygen atoms in total. The number of aliphatic imine (C=N–C) groups is 1. The Balaban J connectivity index is 0.00000280. The first kappa shape index (κ1) is 22.3. The summed E-state index contributed by atoms with van der Waals surface area (Å²) >= 11 is 0. The first-order valence-electron chi connectivity index (χ1n) is 9.61. The number of hydrogen-bond acceptors (Lipinski definition) is 3. The van der Waals surface area contributed by atoms with Crippen molar-refractivity contribution >= 4 is 35.6 Å². The van der Waals surface area contributed by atoms with Crippen LogP contribution in [0.5, 0.6) is 5.75 Å². The molecule has 2 aromatic rings. The van der Waals surface area contributed by atoms with E-state index >= 15 is 0 Å². The maximum absolute atomic E-state index is 5.57. The van der Waals surface area contributed by atoms with Gasteiger partial charge in [0.05, 0.1) is 6.61 Å². The monoisotopic (exact) mass is 494 g/mol. The maximum atomic E-state index is 5.57. The molecule has 1 aliphatic rings. The van der Waals surface area contributed by atoms with Crippen molar-refractivity contribution in [1.82, 2.24) is 10.6 Å². The number of halogens is 1. The Hall–Kier alpha value is -1.96. The summed E-state index contributed by atoms with van der Waals surface area (Å²) in [4.78, 5) is 6.43. The molecule has 1 heterocycles. The van der Waals surface area contributed by atoms with Gasteiger partial charge in [-0.15, -0.1) is 24.0 Å². The van der Waals surface area contributed by atoms with E-state index < -0.39 is 0 Å². The number of rotatable bonds is 7. The van der Waals surface area contributed by atoms with Crippen LogP contribution in [-0.2, 0) is 19.3 Å². The molecule has 0 amide bonds. The molecule has 0 aliphatic carbocycles. The number of nitrogens with zero attached hydrogens (tertiary/aromatic N) is 2. The zero-order valence-corrected chi connectivity index (χ0v) is 19.3. The molecular formula is C22H31IN4O. The highest BCUT2D eigenvalue weighted by molar-refractivity contribution is 14.0. The minimum atomic E-state index is 0. The Morgan fingerprint density at radius 2 is 1.64 bits per heavy atom. The van der Waals surface area contributed by atoms with Crippen LogP contribution in [0, 0.1) is 0 Å². The van der Waals surface area contributed by atoms with Crippen molar-refractivity contribution in [2.45, 2.75) is 19.3 Å². The van der Waals surface area contributed by atoms with E-state index in [9.17, 15) is 0 Å². The molecule has 1 aliphatic heterocycles. The number of anilines is 1. The van der Waals surface area contributed by atoms with Gasteiger partial charge in [0.15, 0.2) is 5.96 Å². The molecule has 0 radical (unpaired) electrons. The van der Waals surface area contributed by atoms with Crippen LogP contribution in [0.15, 0.2) is 47.5 Å². The minimum absolute atomic E-state index is 0. The maximum Gasteiger partial charge on any atom is 0.190 e. The Bertz CT molecular complexity index is 775. The standard InChI is InChI=1S/C22H30N4O.HI/c1-23-22(24-13-10-17-4-7-20(8-5-17)26(2)3)25-14-11-18-6-9-21-19(16-18)12-15-27-21;/h4-9,16H,10-15H2,1-3H3,(H2,23,24,25);1H. The highest BCUT2D eigenvalue weighted by Crippen LogP contribution is 2.25. The van der Waals surface area contributed by atoms with Crippen molar-refractivity contribution < 1.29 is 4.74 Å². The third-order valence-corrected chi connectivity index (χ3v) is 4.84. The molecule has 2 N–H and O–H groups in total. The van der Waals surface area contributed by atoms with Gasteiger partial charge in [0.2, 0.25) is 0 Å². The lowest BCUT2D eigenvalue weighted by molar-refractivity contribution is 0.357. The Labute approximate surface area is 185 Å². The summed E-state index contributed by atoms with van der Waals surface area (Å²) in [6, 6.07) is 15.2. The van der Waals surface area contributed by atoms with Gasteiger partial charge < -0.3 is 20.3 Å². The summed E-state index contributed by atoms with van der Waals surface area (Å²) in [5.74, 6) is 1.90. The quantitative estimate of drug-likeness (QED) is 0.353. The number of nitrogens with one attached hydrogen (secondary N) is 2. The first-order valence-corrected chi connectivity index (χ1v) is 9.61. The van der Waals surface area contributed by atoms with E-state index in [1.807, 2.05) is 7.05 Å². The molecule has 0 saturated heterocycles. The third-order valence-electron chi connectivity index (χ3n) is 4.84. The van der Waals surface area contributed by atoms with Crippen LogP contribution in [-0.4, -0.2) is 46.8 Å². The molecule has 0 bridgehead atoms. The lowest BCUT2D eigenvalue weighted by Crippen LogP contribution is -2.39. The molecule has 0 atom stereocenters. The van der Waals surface area contributed by atoms with E-state index in [0.29, 0.717) is 0 Å².